The van der Waals surface area contributed by atoms with E-state index >= 15 is 0 Å². The summed E-state index contributed by atoms with van der Waals surface area (Å²) in [4.78, 5) is 29.2. The number of ether oxygens (including phenoxy) is 1. The van der Waals surface area contributed by atoms with E-state index in [1.807, 2.05) is 25.1 Å². The van der Waals surface area contributed by atoms with E-state index in [2.05, 4.69) is 17.0 Å². The molecule has 1 aliphatic heterocycles. The van der Waals surface area contributed by atoms with Crippen LogP contribution in [0, 0.1) is 20.8 Å². The van der Waals surface area contributed by atoms with E-state index in [9.17, 15) is 9.59 Å². The third-order valence-electron chi connectivity index (χ3n) is 5.11. The molecule has 0 unspecified atom stereocenters. The van der Waals surface area contributed by atoms with E-state index in [-0.39, 0.29) is 5.91 Å². The van der Waals surface area contributed by atoms with Gasteiger partial charge in [-0.25, -0.2) is 4.79 Å². The van der Waals surface area contributed by atoms with E-state index in [1.165, 1.54) is 0 Å². The first-order chi connectivity index (χ1) is 12.9. The average Bonchev–Trinajstić information content (AvgIpc) is 2.93. The van der Waals surface area contributed by atoms with Crippen molar-refractivity contribution < 1.29 is 18.7 Å². The van der Waals surface area contributed by atoms with Crippen LogP contribution in [0.1, 0.15) is 34.4 Å². The van der Waals surface area contributed by atoms with E-state index in [0.717, 1.165) is 24.3 Å². The topological polar surface area (TPSA) is 63.0 Å². The fourth-order valence-electron chi connectivity index (χ4n) is 3.44. The number of amides is 1. The summed E-state index contributed by atoms with van der Waals surface area (Å²) in [6.45, 7) is 9.72. The smallest absolute Gasteiger partial charge is 0.342 e. The fraction of sp³-hybridized carbons (Fsp3) is 0.429. The molecular formula is C21H26N2O4. The Bertz CT molecular complexity index is 820. The predicted molar refractivity (Wildman–Crippen MR) is 103 cm³/mol. The highest BCUT2D eigenvalue weighted by Gasteiger charge is 2.29. The van der Waals surface area contributed by atoms with Crippen molar-refractivity contribution in [2.24, 2.45) is 0 Å². The van der Waals surface area contributed by atoms with Crippen LogP contribution in [0.5, 0.6) is 0 Å². The molecule has 2 heterocycles. The molecule has 0 N–H and O–H groups in total. The van der Waals surface area contributed by atoms with Gasteiger partial charge >= 0.3 is 5.97 Å². The van der Waals surface area contributed by atoms with Gasteiger partial charge in [0.2, 0.25) is 0 Å². The number of nitrogens with zero attached hydrogens (tertiary/aromatic N) is 2. The molecule has 0 saturated carbocycles. The maximum absolute atomic E-state index is 12.7. The van der Waals surface area contributed by atoms with E-state index < -0.39 is 12.1 Å². The molecule has 1 aromatic carbocycles. The number of carbonyl (C=O) groups excluding carboxylic acids is 2. The SMILES string of the molecule is Cc1oc(C)c(C(=O)O[C@@H](C)C(=O)N2CCN(c3ccccc3)CC2)c1C. The zero-order chi connectivity index (χ0) is 19.6. The van der Waals surface area contributed by atoms with Crippen molar-refractivity contribution in [2.45, 2.75) is 33.8 Å². The fourth-order valence-corrected chi connectivity index (χ4v) is 3.44. The van der Waals surface area contributed by atoms with Crippen LogP contribution in [0.4, 0.5) is 5.69 Å². The van der Waals surface area contributed by atoms with Gasteiger partial charge in [0.1, 0.15) is 17.1 Å². The second kappa shape index (κ2) is 7.86. The lowest BCUT2D eigenvalue weighted by Crippen LogP contribution is -2.51. The van der Waals surface area contributed by atoms with Gasteiger partial charge in [-0.1, -0.05) is 18.2 Å². The highest BCUT2D eigenvalue weighted by molar-refractivity contribution is 5.94. The Kier molecular flexibility index (Phi) is 5.54. The summed E-state index contributed by atoms with van der Waals surface area (Å²) in [5, 5.41) is 0. The summed E-state index contributed by atoms with van der Waals surface area (Å²) in [7, 11) is 0. The Hall–Kier alpha value is -2.76. The largest absolute Gasteiger partial charge is 0.465 e. The first-order valence-corrected chi connectivity index (χ1v) is 9.25. The number of piperazine rings is 1. The number of para-hydroxylation sites is 1. The predicted octanol–water partition coefficient (Wildman–Crippen LogP) is 3.10. The maximum Gasteiger partial charge on any atom is 0.342 e. The number of rotatable bonds is 4. The van der Waals surface area contributed by atoms with Crippen LogP contribution in [-0.2, 0) is 9.53 Å². The van der Waals surface area contributed by atoms with Crippen molar-refractivity contribution >= 4 is 17.6 Å². The van der Waals surface area contributed by atoms with Crippen LogP contribution in [0.15, 0.2) is 34.7 Å². The third-order valence-corrected chi connectivity index (χ3v) is 5.11. The number of hydrogen-bond donors (Lipinski definition) is 0. The minimum Gasteiger partial charge on any atom is -0.465 e. The normalized spacial score (nSPS) is 15.6. The molecule has 1 aromatic heterocycles. The molecule has 0 aliphatic carbocycles. The van der Waals surface area contributed by atoms with Gasteiger partial charge < -0.3 is 19.0 Å². The van der Waals surface area contributed by atoms with Crippen molar-refractivity contribution in [1.82, 2.24) is 4.90 Å². The van der Waals surface area contributed by atoms with Gasteiger partial charge in [0.25, 0.3) is 5.91 Å². The Morgan fingerprint density at radius 1 is 1.00 bits per heavy atom. The molecule has 1 fully saturated rings. The average molecular weight is 370 g/mol. The Morgan fingerprint density at radius 3 is 2.19 bits per heavy atom. The number of aryl methyl sites for hydroxylation is 2. The Labute approximate surface area is 159 Å². The Balaban J connectivity index is 1.57. The number of benzene rings is 1. The lowest BCUT2D eigenvalue weighted by Gasteiger charge is -2.37. The summed E-state index contributed by atoms with van der Waals surface area (Å²) in [5.41, 5.74) is 2.33. The van der Waals surface area contributed by atoms with Crippen molar-refractivity contribution in [2.75, 3.05) is 31.1 Å². The second-order valence-corrected chi connectivity index (χ2v) is 6.91. The van der Waals surface area contributed by atoms with Gasteiger partial charge in [-0.05, 0) is 39.8 Å². The van der Waals surface area contributed by atoms with Gasteiger partial charge in [0, 0.05) is 37.4 Å². The lowest BCUT2D eigenvalue weighted by atomic mass is 10.1. The van der Waals surface area contributed by atoms with Crippen LogP contribution >= 0.6 is 0 Å². The van der Waals surface area contributed by atoms with Gasteiger partial charge in [-0.15, -0.1) is 0 Å². The van der Waals surface area contributed by atoms with E-state index in [1.54, 1.807) is 25.7 Å². The summed E-state index contributed by atoms with van der Waals surface area (Å²) in [5.74, 6) is 0.541. The number of esters is 1. The van der Waals surface area contributed by atoms with Crippen molar-refractivity contribution in [1.29, 1.82) is 0 Å². The number of hydrogen-bond acceptors (Lipinski definition) is 5. The molecule has 1 amide bonds. The molecule has 1 atom stereocenters. The molecule has 2 aromatic rings. The molecule has 0 spiro atoms. The van der Waals surface area contributed by atoms with Crippen LogP contribution < -0.4 is 4.90 Å². The quantitative estimate of drug-likeness (QED) is 0.774. The monoisotopic (exact) mass is 370 g/mol. The molecule has 0 bridgehead atoms. The molecule has 27 heavy (non-hydrogen) atoms. The Morgan fingerprint density at radius 2 is 1.63 bits per heavy atom. The van der Waals surface area contributed by atoms with E-state index in [4.69, 9.17) is 9.15 Å². The molecule has 0 radical (unpaired) electrons. The zero-order valence-corrected chi connectivity index (χ0v) is 16.3. The van der Waals surface area contributed by atoms with Crippen LogP contribution in [0.2, 0.25) is 0 Å². The summed E-state index contributed by atoms with van der Waals surface area (Å²) >= 11 is 0. The summed E-state index contributed by atoms with van der Waals surface area (Å²) < 4.78 is 10.9. The second-order valence-electron chi connectivity index (χ2n) is 6.91. The molecule has 6 heteroatoms. The van der Waals surface area contributed by atoms with Crippen molar-refractivity contribution in [3.05, 3.63) is 53.0 Å². The van der Waals surface area contributed by atoms with Gasteiger partial charge in [-0.3, -0.25) is 4.79 Å². The van der Waals surface area contributed by atoms with E-state index in [0.29, 0.717) is 30.2 Å². The standard InChI is InChI=1S/C21H26N2O4/c1-14-15(2)26-16(3)19(14)21(25)27-17(4)20(24)23-12-10-22(11-13-23)18-8-6-5-7-9-18/h5-9,17H,10-13H2,1-4H3/t17-/m0/s1. The summed E-state index contributed by atoms with van der Waals surface area (Å²) in [6, 6.07) is 10.1. The first kappa shape index (κ1) is 19.0. The van der Waals surface area contributed by atoms with Crippen molar-refractivity contribution in [3.63, 3.8) is 0 Å². The molecular weight excluding hydrogens is 344 g/mol. The third kappa shape index (κ3) is 3.99. The first-order valence-electron chi connectivity index (χ1n) is 9.25. The lowest BCUT2D eigenvalue weighted by molar-refractivity contribution is -0.140. The van der Waals surface area contributed by atoms with Gasteiger partial charge in [0.05, 0.1) is 0 Å². The maximum atomic E-state index is 12.7. The summed E-state index contributed by atoms with van der Waals surface area (Å²) in [6.07, 6.45) is -0.824. The number of anilines is 1. The highest BCUT2D eigenvalue weighted by Crippen LogP contribution is 2.22. The van der Waals surface area contributed by atoms with Crippen LogP contribution in [0.25, 0.3) is 0 Å². The minimum absolute atomic E-state index is 0.161. The van der Waals surface area contributed by atoms with Crippen molar-refractivity contribution in [3.8, 4) is 0 Å². The van der Waals surface area contributed by atoms with Gasteiger partial charge in [0.15, 0.2) is 6.10 Å². The molecule has 1 aliphatic rings. The molecule has 6 nitrogen and oxygen atoms in total. The number of carbonyl (C=O) groups is 2. The molecule has 144 valence electrons. The van der Waals surface area contributed by atoms with Crippen LogP contribution in [-0.4, -0.2) is 49.1 Å². The molecule has 3 rings (SSSR count). The highest BCUT2D eigenvalue weighted by atomic mass is 16.5. The molecule has 1 saturated heterocycles. The zero-order valence-electron chi connectivity index (χ0n) is 16.3. The minimum atomic E-state index is -0.824. The van der Waals surface area contributed by atoms with Gasteiger partial charge in [-0.2, -0.15) is 0 Å². The number of furan rings is 1. The van der Waals surface area contributed by atoms with Crippen LogP contribution in [0.3, 0.4) is 0 Å².